The average Bonchev–Trinajstić information content (AvgIpc) is 2.49. The number of likely N-dealkylation sites (N-methyl/N-ethyl adjacent to an activating group) is 1. The predicted molar refractivity (Wildman–Crippen MR) is 92.3 cm³/mol. The zero-order valence-electron chi connectivity index (χ0n) is 13.9. The first-order valence-electron chi connectivity index (χ1n) is 8.16. The smallest absolute Gasteiger partial charge is 0.219 e. The molecule has 1 aromatic carbocycles. The van der Waals surface area contributed by atoms with Crippen LogP contribution in [0.4, 0.5) is 0 Å². The van der Waals surface area contributed by atoms with E-state index in [1.165, 1.54) is 5.56 Å². The third-order valence-electron chi connectivity index (χ3n) is 4.97. The van der Waals surface area contributed by atoms with Crippen molar-refractivity contribution in [1.29, 1.82) is 0 Å². The molecule has 2 rings (SSSR count). The highest BCUT2D eigenvalue weighted by Gasteiger charge is 2.37. The highest BCUT2D eigenvalue weighted by atomic mass is 35.5. The lowest BCUT2D eigenvalue weighted by Gasteiger charge is -2.45. The molecule has 0 aromatic heterocycles. The number of hydrogen-bond donors (Lipinski definition) is 1. The van der Waals surface area contributed by atoms with Crippen molar-refractivity contribution in [2.45, 2.75) is 57.0 Å². The zero-order chi connectivity index (χ0) is 16.2. The van der Waals surface area contributed by atoms with E-state index in [9.17, 15) is 4.79 Å². The van der Waals surface area contributed by atoms with E-state index in [1.54, 1.807) is 0 Å². The first kappa shape index (κ1) is 17.3. The number of halogens is 1. The summed E-state index contributed by atoms with van der Waals surface area (Å²) in [5, 5.41) is 3.94. The molecule has 0 spiro atoms. The molecule has 0 saturated heterocycles. The highest BCUT2D eigenvalue weighted by molar-refractivity contribution is 6.30. The molecule has 1 amide bonds. The van der Waals surface area contributed by atoms with Crippen molar-refractivity contribution in [3.05, 3.63) is 34.9 Å². The molecule has 0 heterocycles. The molecule has 1 aliphatic carbocycles. The van der Waals surface area contributed by atoms with Gasteiger partial charge in [0.2, 0.25) is 5.91 Å². The Balaban J connectivity index is 2.04. The van der Waals surface area contributed by atoms with Crippen molar-refractivity contribution >= 4 is 17.5 Å². The lowest BCUT2D eigenvalue weighted by Crippen LogP contribution is -2.52. The van der Waals surface area contributed by atoms with Crippen LogP contribution < -0.4 is 5.32 Å². The van der Waals surface area contributed by atoms with Crippen molar-refractivity contribution in [1.82, 2.24) is 10.2 Å². The molecule has 122 valence electrons. The van der Waals surface area contributed by atoms with Gasteiger partial charge in [-0.25, -0.2) is 0 Å². The maximum Gasteiger partial charge on any atom is 0.219 e. The van der Waals surface area contributed by atoms with Crippen LogP contribution in [-0.2, 0) is 11.2 Å². The largest absolute Gasteiger partial charge is 0.353 e. The van der Waals surface area contributed by atoms with Gasteiger partial charge in [-0.1, -0.05) is 30.7 Å². The van der Waals surface area contributed by atoms with Crippen LogP contribution in [0, 0.1) is 0 Å². The molecule has 0 aliphatic heterocycles. The molecular weight excluding hydrogens is 296 g/mol. The summed E-state index contributed by atoms with van der Waals surface area (Å²) in [6.07, 6.45) is 5.87. The van der Waals surface area contributed by atoms with Crippen LogP contribution in [0.3, 0.4) is 0 Å². The van der Waals surface area contributed by atoms with Gasteiger partial charge in [-0.05, 0) is 63.9 Å². The Hall–Kier alpha value is -1.06. The van der Waals surface area contributed by atoms with Crippen LogP contribution in [0.15, 0.2) is 24.3 Å². The van der Waals surface area contributed by atoms with E-state index in [4.69, 9.17) is 11.6 Å². The lowest BCUT2D eigenvalue weighted by atomic mass is 9.75. The maximum atomic E-state index is 11.6. The standard InChI is InChI=1S/C18H27ClN2O/c1-4-17(22)20-16-8-10-18(11-9-16,21(2)3)13-14-6-5-7-15(19)12-14/h5-7,12,16H,4,8-11,13H2,1-3H3,(H,20,22). The van der Waals surface area contributed by atoms with Crippen LogP contribution in [0.25, 0.3) is 0 Å². The Kier molecular flexibility index (Phi) is 5.87. The van der Waals surface area contributed by atoms with Crippen LogP contribution in [0.2, 0.25) is 5.02 Å². The fraction of sp³-hybridized carbons (Fsp3) is 0.611. The van der Waals surface area contributed by atoms with E-state index in [1.807, 2.05) is 19.1 Å². The summed E-state index contributed by atoms with van der Waals surface area (Å²) in [5.41, 5.74) is 1.45. The molecule has 3 nitrogen and oxygen atoms in total. The van der Waals surface area contributed by atoms with Crippen LogP contribution in [0.1, 0.15) is 44.6 Å². The van der Waals surface area contributed by atoms with Gasteiger partial charge in [0.25, 0.3) is 0 Å². The van der Waals surface area contributed by atoms with Gasteiger partial charge >= 0.3 is 0 Å². The van der Waals surface area contributed by atoms with Crippen molar-refractivity contribution in [3.63, 3.8) is 0 Å². The predicted octanol–water partition coefficient (Wildman–Crippen LogP) is 3.65. The summed E-state index contributed by atoms with van der Waals surface area (Å²) in [6.45, 7) is 1.90. The second-order valence-electron chi connectivity index (χ2n) is 6.62. The number of nitrogens with one attached hydrogen (secondary N) is 1. The van der Waals surface area contributed by atoms with Gasteiger partial charge in [-0.15, -0.1) is 0 Å². The second-order valence-corrected chi connectivity index (χ2v) is 7.06. The van der Waals surface area contributed by atoms with E-state index in [-0.39, 0.29) is 11.4 Å². The average molecular weight is 323 g/mol. The van der Waals surface area contributed by atoms with Crippen molar-refractivity contribution < 1.29 is 4.79 Å². The minimum absolute atomic E-state index is 0.164. The topological polar surface area (TPSA) is 32.3 Å². The molecule has 4 heteroatoms. The summed E-state index contributed by atoms with van der Waals surface area (Å²) in [4.78, 5) is 13.9. The molecule has 1 aliphatic rings. The summed E-state index contributed by atoms with van der Waals surface area (Å²) in [5.74, 6) is 0.164. The van der Waals surface area contributed by atoms with Crippen LogP contribution in [-0.4, -0.2) is 36.5 Å². The summed E-state index contributed by atoms with van der Waals surface area (Å²) >= 11 is 6.12. The fourth-order valence-electron chi connectivity index (χ4n) is 3.44. The third kappa shape index (κ3) is 4.23. The number of carbonyl (C=O) groups excluding carboxylic acids is 1. The molecule has 0 bridgehead atoms. The Bertz CT molecular complexity index is 508. The molecule has 0 unspecified atom stereocenters. The van der Waals surface area contributed by atoms with Crippen LogP contribution in [0.5, 0.6) is 0 Å². The highest BCUT2D eigenvalue weighted by Crippen LogP contribution is 2.35. The van der Waals surface area contributed by atoms with E-state index in [0.717, 1.165) is 37.1 Å². The van der Waals surface area contributed by atoms with Gasteiger partial charge < -0.3 is 10.2 Å². The molecular formula is C18H27ClN2O. The fourth-order valence-corrected chi connectivity index (χ4v) is 3.65. The van der Waals surface area contributed by atoms with E-state index in [2.05, 4.69) is 36.4 Å². The van der Waals surface area contributed by atoms with Gasteiger partial charge in [-0.3, -0.25) is 4.79 Å². The molecule has 1 N–H and O–H groups in total. The summed E-state index contributed by atoms with van der Waals surface area (Å²) in [7, 11) is 4.32. The third-order valence-corrected chi connectivity index (χ3v) is 5.21. The van der Waals surface area contributed by atoms with Crippen molar-refractivity contribution in [2.24, 2.45) is 0 Å². The Morgan fingerprint density at radius 2 is 2.05 bits per heavy atom. The Labute approximate surface area is 139 Å². The molecule has 22 heavy (non-hydrogen) atoms. The number of nitrogens with zero attached hydrogens (tertiary/aromatic N) is 1. The molecule has 0 atom stereocenters. The molecule has 1 saturated carbocycles. The minimum Gasteiger partial charge on any atom is -0.353 e. The van der Waals surface area contributed by atoms with Gasteiger partial charge in [0.15, 0.2) is 0 Å². The first-order chi connectivity index (χ1) is 10.4. The second kappa shape index (κ2) is 7.47. The SMILES string of the molecule is CCC(=O)NC1CCC(Cc2cccc(Cl)c2)(N(C)C)CC1. The number of carbonyl (C=O) groups is 1. The Morgan fingerprint density at radius 3 is 2.59 bits per heavy atom. The van der Waals surface area contributed by atoms with Crippen LogP contribution >= 0.6 is 11.6 Å². The maximum absolute atomic E-state index is 11.6. The Morgan fingerprint density at radius 1 is 1.36 bits per heavy atom. The molecule has 1 fully saturated rings. The number of rotatable bonds is 5. The summed E-state index contributed by atoms with van der Waals surface area (Å²) < 4.78 is 0. The quantitative estimate of drug-likeness (QED) is 0.897. The van der Waals surface area contributed by atoms with E-state index >= 15 is 0 Å². The summed E-state index contributed by atoms with van der Waals surface area (Å²) in [6, 6.07) is 8.50. The van der Waals surface area contributed by atoms with E-state index < -0.39 is 0 Å². The van der Waals surface area contributed by atoms with E-state index in [0.29, 0.717) is 12.5 Å². The molecule has 0 radical (unpaired) electrons. The molecule has 1 aromatic rings. The monoisotopic (exact) mass is 322 g/mol. The van der Waals surface area contributed by atoms with Gasteiger partial charge in [-0.2, -0.15) is 0 Å². The number of benzene rings is 1. The van der Waals surface area contributed by atoms with Crippen molar-refractivity contribution in [3.8, 4) is 0 Å². The zero-order valence-corrected chi connectivity index (χ0v) is 14.6. The number of hydrogen-bond acceptors (Lipinski definition) is 2. The first-order valence-corrected chi connectivity index (χ1v) is 8.54. The minimum atomic E-state index is 0.164. The number of amides is 1. The lowest BCUT2D eigenvalue weighted by molar-refractivity contribution is -0.121. The van der Waals surface area contributed by atoms with Gasteiger partial charge in [0, 0.05) is 23.0 Å². The normalized spacial score (nSPS) is 25.2. The van der Waals surface area contributed by atoms with Gasteiger partial charge in [0.05, 0.1) is 0 Å². The van der Waals surface area contributed by atoms with Gasteiger partial charge in [0.1, 0.15) is 0 Å². The van der Waals surface area contributed by atoms with Crippen molar-refractivity contribution in [2.75, 3.05) is 14.1 Å².